The number of aromatic nitrogens is 2. The molecule has 1 fully saturated rings. The topological polar surface area (TPSA) is 32.3 Å². The van der Waals surface area contributed by atoms with Crippen LogP contribution in [0.2, 0.25) is 5.28 Å². The zero-order chi connectivity index (χ0) is 20.7. The second-order valence-electron chi connectivity index (χ2n) is 7.70. The molecule has 0 radical (unpaired) electrons. The van der Waals surface area contributed by atoms with Gasteiger partial charge in [-0.3, -0.25) is 0 Å². The fraction of sp³-hybridized carbons (Fsp3) is 0.250. The van der Waals surface area contributed by atoms with Crippen molar-refractivity contribution in [1.82, 2.24) is 9.97 Å². The average molecular weight is 435 g/mol. The largest absolute Gasteiger partial charge is 0.368 e. The van der Waals surface area contributed by atoms with E-state index in [-0.39, 0.29) is 0 Å². The van der Waals surface area contributed by atoms with Crippen molar-refractivity contribution in [3.63, 3.8) is 0 Å². The lowest BCUT2D eigenvalue weighted by molar-refractivity contribution is 0.647. The van der Waals surface area contributed by atoms with Crippen LogP contribution in [0.5, 0.6) is 0 Å². The van der Waals surface area contributed by atoms with Crippen LogP contribution in [0, 0.1) is 13.8 Å². The highest BCUT2D eigenvalue weighted by atomic mass is 35.5. The monoisotopic (exact) mass is 434 g/mol. The van der Waals surface area contributed by atoms with Gasteiger partial charge in [-0.2, -0.15) is 4.98 Å². The Morgan fingerprint density at radius 3 is 2.37 bits per heavy atom. The van der Waals surface area contributed by atoms with Crippen LogP contribution in [0.1, 0.15) is 11.1 Å². The molecule has 0 unspecified atom stereocenters. The van der Waals surface area contributed by atoms with Crippen LogP contribution in [0.4, 0.5) is 11.5 Å². The Hall–Kier alpha value is -2.63. The smallest absolute Gasteiger partial charge is 0.225 e. The van der Waals surface area contributed by atoms with Crippen molar-refractivity contribution < 1.29 is 0 Å². The lowest BCUT2D eigenvalue weighted by atomic mass is 10.1. The fourth-order valence-electron chi connectivity index (χ4n) is 4.19. The molecule has 1 saturated heterocycles. The van der Waals surface area contributed by atoms with E-state index in [1.807, 2.05) is 6.07 Å². The minimum absolute atomic E-state index is 0.316. The number of piperazine rings is 1. The molecule has 3 heterocycles. The fourth-order valence-corrected chi connectivity index (χ4v) is 5.35. The summed E-state index contributed by atoms with van der Waals surface area (Å²) in [6.07, 6.45) is 0. The number of rotatable bonds is 3. The third-order valence-electron chi connectivity index (χ3n) is 5.97. The van der Waals surface area contributed by atoms with Crippen molar-refractivity contribution in [2.24, 2.45) is 0 Å². The highest BCUT2D eigenvalue weighted by Crippen LogP contribution is 2.39. The normalized spacial score (nSPS) is 14.5. The maximum Gasteiger partial charge on any atom is 0.225 e. The second kappa shape index (κ2) is 7.89. The first-order valence-electron chi connectivity index (χ1n) is 10.2. The van der Waals surface area contributed by atoms with Gasteiger partial charge < -0.3 is 9.80 Å². The number of fused-ring (bicyclic) bond motifs is 1. The molecule has 0 spiro atoms. The lowest BCUT2D eigenvalue weighted by Gasteiger charge is -2.38. The van der Waals surface area contributed by atoms with Crippen molar-refractivity contribution in [2.45, 2.75) is 13.8 Å². The third-order valence-corrected chi connectivity index (χ3v) is 7.01. The van der Waals surface area contributed by atoms with Crippen LogP contribution in [-0.4, -0.2) is 36.1 Å². The summed E-state index contributed by atoms with van der Waals surface area (Å²) in [7, 11) is 0. The summed E-state index contributed by atoms with van der Waals surface area (Å²) in [5, 5.41) is 3.59. The Bertz CT molecular complexity index is 1200. The molecule has 0 N–H and O–H groups in total. The minimum Gasteiger partial charge on any atom is -0.368 e. The van der Waals surface area contributed by atoms with E-state index in [4.69, 9.17) is 11.6 Å². The zero-order valence-corrected chi connectivity index (χ0v) is 18.7. The SMILES string of the molecule is Cc1cccc(N2CCN(c3nc(Cl)nc4scc(-c5ccccc5)c34)CC2)c1C. The lowest BCUT2D eigenvalue weighted by Crippen LogP contribution is -2.47. The number of hydrogen-bond donors (Lipinski definition) is 0. The van der Waals surface area contributed by atoms with Crippen LogP contribution in [0.25, 0.3) is 21.3 Å². The van der Waals surface area contributed by atoms with Gasteiger partial charge in [0.1, 0.15) is 10.6 Å². The molecule has 6 heteroatoms. The summed E-state index contributed by atoms with van der Waals surface area (Å²) in [5.74, 6) is 0.950. The average Bonchev–Trinajstić information content (AvgIpc) is 3.20. The van der Waals surface area contributed by atoms with Crippen LogP contribution in [0.3, 0.4) is 0 Å². The van der Waals surface area contributed by atoms with E-state index in [0.29, 0.717) is 5.28 Å². The molecule has 0 aliphatic carbocycles. The van der Waals surface area contributed by atoms with Crippen molar-refractivity contribution in [3.05, 3.63) is 70.3 Å². The quantitative estimate of drug-likeness (QED) is 0.372. The standard InChI is InChI=1S/C24H23ClN4S/c1-16-7-6-10-20(17(16)2)28-11-13-29(14-12-28)22-21-19(18-8-4-3-5-9-18)15-30-23(21)27-24(25)26-22/h3-10,15H,11-14H2,1-2H3. The Labute approximate surface area is 185 Å². The number of thiophene rings is 1. The Balaban J connectivity index is 1.49. The molecule has 0 atom stereocenters. The summed E-state index contributed by atoms with van der Waals surface area (Å²) in [5.41, 5.74) is 6.40. The van der Waals surface area contributed by atoms with Crippen molar-refractivity contribution in [3.8, 4) is 11.1 Å². The number of hydrogen-bond acceptors (Lipinski definition) is 5. The maximum absolute atomic E-state index is 6.31. The summed E-state index contributed by atoms with van der Waals surface area (Å²) in [4.78, 5) is 15.0. The van der Waals surface area contributed by atoms with Gasteiger partial charge in [-0.15, -0.1) is 11.3 Å². The number of anilines is 2. The van der Waals surface area contributed by atoms with E-state index in [9.17, 15) is 0 Å². The summed E-state index contributed by atoms with van der Waals surface area (Å²) in [6, 6.07) is 17.0. The molecule has 4 nitrogen and oxygen atoms in total. The molecule has 1 aliphatic rings. The van der Waals surface area contributed by atoms with E-state index in [1.54, 1.807) is 11.3 Å². The molecule has 2 aromatic carbocycles. The molecule has 2 aromatic heterocycles. The zero-order valence-electron chi connectivity index (χ0n) is 17.1. The van der Waals surface area contributed by atoms with Crippen molar-refractivity contribution in [2.75, 3.05) is 36.0 Å². The van der Waals surface area contributed by atoms with Crippen LogP contribution >= 0.6 is 22.9 Å². The molecular formula is C24H23ClN4S. The van der Waals surface area contributed by atoms with Gasteiger partial charge in [0.15, 0.2) is 0 Å². The molecule has 30 heavy (non-hydrogen) atoms. The highest BCUT2D eigenvalue weighted by molar-refractivity contribution is 7.17. The first-order chi connectivity index (χ1) is 14.6. The van der Waals surface area contributed by atoms with Gasteiger partial charge in [-0.05, 0) is 48.2 Å². The van der Waals surface area contributed by atoms with E-state index < -0.39 is 0 Å². The van der Waals surface area contributed by atoms with Gasteiger partial charge >= 0.3 is 0 Å². The molecule has 5 rings (SSSR count). The summed E-state index contributed by atoms with van der Waals surface area (Å²) >= 11 is 7.94. The second-order valence-corrected chi connectivity index (χ2v) is 8.90. The Morgan fingerprint density at radius 1 is 0.867 bits per heavy atom. The van der Waals surface area contributed by atoms with E-state index in [0.717, 1.165) is 42.2 Å². The molecular weight excluding hydrogens is 412 g/mol. The molecule has 0 saturated carbocycles. The van der Waals surface area contributed by atoms with Gasteiger partial charge in [0.05, 0.1) is 5.39 Å². The Morgan fingerprint density at radius 2 is 1.60 bits per heavy atom. The van der Waals surface area contributed by atoms with E-state index in [1.165, 1.54) is 27.9 Å². The van der Waals surface area contributed by atoms with Gasteiger partial charge in [0.2, 0.25) is 5.28 Å². The van der Waals surface area contributed by atoms with Crippen molar-refractivity contribution >= 4 is 44.7 Å². The van der Waals surface area contributed by atoms with Crippen LogP contribution < -0.4 is 9.80 Å². The molecule has 0 bridgehead atoms. The molecule has 152 valence electrons. The van der Waals surface area contributed by atoms with E-state index >= 15 is 0 Å². The van der Waals surface area contributed by atoms with Gasteiger partial charge in [0, 0.05) is 42.8 Å². The number of halogens is 1. The predicted octanol–water partition coefficient (Wildman–Crippen LogP) is 5.96. The first-order valence-corrected chi connectivity index (χ1v) is 11.4. The molecule has 0 amide bonds. The summed E-state index contributed by atoms with van der Waals surface area (Å²) in [6.45, 7) is 8.11. The van der Waals surface area contributed by atoms with Gasteiger partial charge in [-0.25, -0.2) is 4.98 Å². The Kier molecular flexibility index (Phi) is 5.09. The number of aryl methyl sites for hydroxylation is 1. The van der Waals surface area contributed by atoms with Gasteiger partial charge in [0.25, 0.3) is 0 Å². The third kappa shape index (κ3) is 3.42. The summed E-state index contributed by atoms with van der Waals surface area (Å²) < 4.78 is 0. The van der Waals surface area contributed by atoms with Crippen LogP contribution in [-0.2, 0) is 0 Å². The van der Waals surface area contributed by atoms with E-state index in [2.05, 4.69) is 81.5 Å². The molecule has 1 aliphatic heterocycles. The predicted molar refractivity (Wildman–Crippen MR) is 128 cm³/mol. The minimum atomic E-state index is 0.316. The van der Waals surface area contributed by atoms with Crippen LogP contribution in [0.15, 0.2) is 53.9 Å². The maximum atomic E-state index is 6.31. The first kappa shape index (κ1) is 19.3. The highest BCUT2D eigenvalue weighted by Gasteiger charge is 2.24. The number of benzene rings is 2. The molecule has 4 aromatic rings. The van der Waals surface area contributed by atoms with Gasteiger partial charge in [-0.1, -0.05) is 42.5 Å². The number of nitrogens with zero attached hydrogens (tertiary/aromatic N) is 4. The van der Waals surface area contributed by atoms with Crippen molar-refractivity contribution in [1.29, 1.82) is 0 Å².